The van der Waals surface area contributed by atoms with Crippen LogP contribution in [0.5, 0.6) is 5.75 Å². The van der Waals surface area contributed by atoms with Crippen LogP contribution >= 0.6 is 0 Å². The molecule has 0 amide bonds. The summed E-state index contributed by atoms with van der Waals surface area (Å²) in [5, 5.41) is 14.1. The Labute approximate surface area is 108 Å². The van der Waals surface area contributed by atoms with Gasteiger partial charge in [0.1, 0.15) is 5.75 Å². The van der Waals surface area contributed by atoms with Crippen molar-refractivity contribution in [3.63, 3.8) is 0 Å². The number of aromatic nitrogens is 1. The minimum atomic E-state index is -0.788. The highest BCUT2D eigenvalue weighted by Crippen LogP contribution is 2.35. The molecule has 0 saturated carbocycles. The summed E-state index contributed by atoms with van der Waals surface area (Å²) in [5.74, 6) is 0.919. The lowest BCUT2D eigenvalue weighted by Gasteiger charge is -2.38. The maximum atomic E-state index is 10.8. The van der Waals surface area contributed by atoms with E-state index in [4.69, 9.17) is 4.74 Å². The molecule has 1 aromatic rings. The van der Waals surface area contributed by atoms with Gasteiger partial charge in [-0.15, -0.1) is 0 Å². The number of hydrogen-bond donors (Lipinski definition) is 2. The minimum absolute atomic E-state index is 0.175. The number of hydrogen-bond acceptors (Lipinski definition) is 4. The van der Waals surface area contributed by atoms with E-state index in [1.165, 1.54) is 0 Å². The Morgan fingerprint density at radius 1 is 1.56 bits per heavy atom. The topological polar surface area (TPSA) is 54.4 Å². The van der Waals surface area contributed by atoms with Gasteiger partial charge in [-0.25, -0.2) is 0 Å². The van der Waals surface area contributed by atoms with Crippen molar-refractivity contribution in [1.82, 2.24) is 10.3 Å². The second kappa shape index (κ2) is 5.67. The Morgan fingerprint density at radius 2 is 2.39 bits per heavy atom. The maximum Gasteiger partial charge on any atom is 0.137 e. The first kappa shape index (κ1) is 13.3. The number of rotatable bonds is 4. The summed E-state index contributed by atoms with van der Waals surface area (Å²) in [6, 6.07) is 1.92. The standard InChI is InChI=1S/C14H22N2O2/c1-3-6-18-13-7-12(9-16-10-13)14(17)4-5-15-8-11(14)2/h7,9-11,15,17H,3-6,8H2,1-2H3. The van der Waals surface area contributed by atoms with Gasteiger partial charge in [-0.3, -0.25) is 4.98 Å². The summed E-state index contributed by atoms with van der Waals surface area (Å²) in [6.45, 7) is 6.48. The molecule has 2 heterocycles. The van der Waals surface area contributed by atoms with Gasteiger partial charge in [0.15, 0.2) is 0 Å². The molecule has 100 valence electrons. The number of piperidine rings is 1. The number of nitrogens with one attached hydrogen (secondary N) is 1. The van der Waals surface area contributed by atoms with Crippen LogP contribution in [0.25, 0.3) is 0 Å². The van der Waals surface area contributed by atoms with E-state index in [0.29, 0.717) is 13.0 Å². The smallest absolute Gasteiger partial charge is 0.137 e. The lowest BCUT2D eigenvalue weighted by atomic mass is 9.78. The zero-order valence-electron chi connectivity index (χ0n) is 11.1. The normalized spacial score (nSPS) is 28.1. The van der Waals surface area contributed by atoms with Gasteiger partial charge >= 0.3 is 0 Å². The average Bonchev–Trinajstić information content (AvgIpc) is 2.40. The number of aliphatic hydroxyl groups is 1. The van der Waals surface area contributed by atoms with Crippen molar-refractivity contribution in [2.24, 2.45) is 5.92 Å². The van der Waals surface area contributed by atoms with E-state index in [-0.39, 0.29) is 5.92 Å². The van der Waals surface area contributed by atoms with Gasteiger partial charge in [0.2, 0.25) is 0 Å². The maximum absolute atomic E-state index is 10.8. The molecule has 0 spiro atoms. The highest BCUT2D eigenvalue weighted by atomic mass is 16.5. The van der Waals surface area contributed by atoms with Crippen LogP contribution in [-0.4, -0.2) is 29.8 Å². The number of nitrogens with zero attached hydrogens (tertiary/aromatic N) is 1. The van der Waals surface area contributed by atoms with Gasteiger partial charge in [0.05, 0.1) is 18.4 Å². The molecular weight excluding hydrogens is 228 g/mol. The molecule has 0 aliphatic carbocycles. The van der Waals surface area contributed by atoms with E-state index in [1.54, 1.807) is 12.4 Å². The molecule has 0 bridgehead atoms. The fourth-order valence-electron chi connectivity index (χ4n) is 2.40. The molecular formula is C14H22N2O2. The molecule has 0 aromatic carbocycles. The van der Waals surface area contributed by atoms with Crippen molar-refractivity contribution in [3.05, 3.63) is 24.0 Å². The van der Waals surface area contributed by atoms with Gasteiger partial charge in [0, 0.05) is 24.2 Å². The van der Waals surface area contributed by atoms with Crippen molar-refractivity contribution in [1.29, 1.82) is 0 Å². The van der Waals surface area contributed by atoms with Crippen LogP contribution in [0.1, 0.15) is 32.3 Å². The van der Waals surface area contributed by atoms with Gasteiger partial charge < -0.3 is 15.2 Å². The summed E-state index contributed by atoms with van der Waals surface area (Å²) in [6.07, 6.45) is 5.14. The fraction of sp³-hybridized carbons (Fsp3) is 0.643. The molecule has 1 aliphatic heterocycles. The van der Waals surface area contributed by atoms with Crippen molar-refractivity contribution >= 4 is 0 Å². The molecule has 1 fully saturated rings. The summed E-state index contributed by atoms with van der Waals surface area (Å²) < 4.78 is 5.58. The second-order valence-corrected chi connectivity index (χ2v) is 5.04. The third kappa shape index (κ3) is 2.65. The Balaban J connectivity index is 2.20. The Morgan fingerprint density at radius 3 is 3.11 bits per heavy atom. The number of ether oxygens (including phenoxy) is 1. The molecule has 2 N–H and O–H groups in total. The van der Waals surface area contributed by atoms with Gasteiger partial charge in [-0.1, -0.05) is 13.8 Å². The molecule has 2 rings (SSSR count). The highest BCUT2D eigenvalue weighted by Gasteiger charge is 2.38. The van der Waals surface area contributed by atoms with Gasteiger partial charge in [0.25, 0.3) is 0 Å². The van der Waals surface area contributed by atoms with Crippen LogP contribution in [0.2, 0.25) is 0 Å². The molecule has 1 saturated heterocycles. The molecule has 1 aromatic heterocycles. The molecule has 2 atom stereocenters. The Bertz CT molecular complexity index is 397. The summed E-state index contributed by atoms with van der Waals surface area (Å²) >= 11 is 0. The lowest BCUT2D eigenvalue weighted by molar-refractivity contribution is -0.0396. The quantitative estimate of drug-likeness (QED) is 0.854. The third-order valence-electron chi connectivity index (χ3n) is 3.63. The van der Waals surface area contributed by atoms with Crippen LogP contribution in [0.3, 0.4) is 0 Å². The molecule has 18 heavy (non-hydrogen) atoms. The van der Waals surface area contributed by atoms with Gasteiger partial charge in [-0.2, -0.15) is 0 Å². The largest absolute Gasteiger partial charge is 0.492 e. The van der Waals surface area contributed by atoms with Crippen molar-refractivity contribution in [2.45, 2.75) is 32.3 Å². The summed E-state index contributed by atoms with van der Waals surface area (Å²) in [5.41, 5.74) is 0.0780. The second-order valence-electron chi connectivity index (χ2n) is 5.04. The first-order valence-corrected chi connectivity index (χ1v) is 6.68. The zero-order valence-corrected chi connectivity index (χ0v) is 11.1. The van der Waals surface area contributed by atoms with Crippen molar-refractivity contribution < 1.29 is 9.84 Å². The molecule has 2 unspecified atom stereocenters. The van der Waals surface area contributed by atoms with Gasteiger partial charge in [-0.05, 0) is 25.5 Å². The van der Waals surface area contributed by atoms with E-state index >= 15 is 0 Å². The third-order valence-corrected chi connectivity index (χ3v) is 3.63. The Hall–Kier alpha value is -1.13. The predicted octanol–water partition coefficient (Wildman–Crippen LogP) is 1.69. The highest BCUT2D eigenvalue weighted by molar-refractivity contribution is 5.29. The molecule has 4 heteroatoms. The predicted molar refractivity (Wildman–Crippen MR) is 70.6 cm³/mol. The first-order chi connectivity index (χ1) is 8.66. The average molecular weight is 250 g/mol. The van der Waals surface area contributed by atoms with Crippen LogP contribution in [0.15, 0.2) is 18.5 Å². The van der Waals surface area contributed by atoms with E-state index in [9.17, 15) is 5.11 Å². The van der Waals surface area contributed by atoms with Crippen molar-refractivity contribution in [3.8, 4) is 5.75 Å². The fourth-order valence-corrected chi connectivity index (χ4v) is 2.40. The van der Waals surface area contributed by atoms with E-state index < -0.39 is 5.60 Å². The molecule has 4 nitrogen and oxygen atoms in total. The molecule has 0 radical (unpaired) electrons. The van der Waals surface area contributed by atoms with E-state index in [1.807, 2.05) is 6.07 Å². The SMILES string of the molecule is CCCOc1cncc(C2(O)CCNCC2C)c1. The Kier molecular flexibility index (Phi) is 4.19. The summed E-state index contributed by atoms with van der Waals surface area (Å²) in [7, 11) is 0. The van der Waals surface area contributed by atoms with Crippen LogP contribution in [0.4, 0.5) is 0 Å². The van der Waals surface area contributed by atoms with E-state index in [0.717, 1.165) is 30.8 Å². The number of pyridine rings is 1. The van der Waals surface area contributed by atoms with Crippen LogP contribution in [0, 0.1) is 5.92 Å². The van der Waals surface area contributed by atoms with Crippen LogP contribution < -0.4 is 10.1 Å². The zero-order chi connectivity index (χ0) is 13.0. The minimum Gasteiger partial charge on any atom is -0.492 e. The van der Waals surface area contributed by atoms with E-state index in [2.05, 4.69) is 24.1 Å². The molecule has 1 aliphatic rings. The monoisotopic (exact) mass is 250 g/mol. The first-order valence-electron chi connectivity index (χ1n) is 6.68. The van der Waals surface area contributed by atoms with Crippen molar-refractivity contribution in [2.75, 3.05) is 19.7 Å². The summed E-state index contributed by atoms with van der Waals surface area (Å²) in [4.78, 5) is 4.19. The van der Waals surface area contributed by atoms with Crippen LogP contribution in [-0.2, 0) is 5.60 Å². The lowest BCUT2D eigenvalue weighted by Crippen LogP contribution is -2.46.